The summed E-state index contributed by atoms with van der Waals surface area (Å²) in [5, 5.41) is 20.1. The zero-order chi connectivity index (χ0) is 21.4. The molecule has 0 bridgehead atoms. The Bertz CT molecular complexity index is 783. The summed E-state index contributed by atoms with van der Waals surface area (Å²) in [6.07, 6.45) is -2.17. The van der Waals surface area contributed by atoms with E-state index in [1.807, 2.05) is 60.7 Å². The van der Waals surface area contributed by atoms with Crippen LogP contribution in [0.15, 0.2) is 60.7 Å². The van der Waals surface area contributed by atoms with Crippen LogP contribution in [0.4, 0.5) is 0 Å². The average molecular weight is 416 g/mol. The SMILES string of the molecule is CC(=O)OC[C@@]1(CO)O[C@H](CO)[C@@H](OCc2ccccc2)[C@@H]1OCc1ccccc1. The van der Waals surface area contributed by atoms with Crippen molar-refractivity contribution in [3.8, 4) is 0 Å². The van der Waals surface area contributed by atoms with Gasteiger partial charge < -0.3 is 29.2 Å². The highest BCUT2D eigenvalue weighted by molar-refractivity contribution is 5.66. The topological polar surface area (TPSA) is 94.5 Å². The third-order valence-electron chi connectivity index (χ3n) is 5.09. The fraction of sp³-hybridized carbons (Fsp3) is 0.435. The van der Waals surface area contributed by atoms with Crippen LogP contribution in [0.1, 0.15) is 18.1 Å². The van der Waals surface area contributed by atoms with Gasteiger partial charge in [0.25, 0.3) is 0 Å². The van der Waals surface area contributed by atoms with Gasteiger partial charge in [-0.15, -0.1) is 0 Å². The normalized spacial score (nSPS) is 25.9. The van der Waals surface area contributed by atoms with Crippen molar-refractivity contribution in [3.63, 3.8) is 0 Å². The van der Waals surface area contributed by atoms with Crippen molar-refractivity contribution >= 4 is 5.97 Å². The van der Waals surface area contributed by atoms with Crippen LogP contribution in [0.3, 0.4) is 0 Å². The maximum atomic E-state index is 11.4. The monoisotopic (exact) mass is 416 g/mol. The Morgan fingerprint density at radius 1 is 0.967 bits per heavy atom. The van der Waals surface area contributed by atoms with Gasteiger partial charge in [0.1, 0.15) is 24.9 Å². The minimum atomic E-state index is -1.34. The third kappa shape index (κ3) is 5.44. The number of carbonyl (C=O) groups is 1. The number of benzene rings is 2. The third-order valence-corrected chi connectivity index (χ3v) is 5.09. The first-order valence-corrected chi connectivity index (χ1v) is 9.92. The summed E-state index contributed by atoms with van der Waals surface area (Å²) in [6, 6.07) is 19.2. The van der Waals surface area contributed by atoms with E-state index < -0.39 is 36.5 Å². The molecule has 7 nitrogen and oxygen atoms in total. The molecule has 30 heavy (non-hydrogen) atoms. The van der Waals surface area contributed by atoms with Gasteiger partial charge in [0.2, 0.25) is 0 Å². The second-order valence-corrected chi connectivity index (χ2v) is 7.32. The lowest BCUT2D eigenvalue weighted by Crippen LogP contribution is -2.52. The van der Waals surface area contributed by atoms with Crippen LogP contribution in [0.5, 0.6) is 0 Å². The number of carbonyl (C=O) groups excluding carboxylic acids is 1. The maximum Gasteiger partial charge on any atom is 0.302 e. The van der Waals surface area contributed by atoms with E-state index in [4.69, 9.17) is 18.9 Å². The number of rotatable bonds is 10. The fourth-order valence-corrected chi connectivity index (χ4v) is 3.55. The molecule has 1 fully saturated rings. The second-order valence-electron chi connectivity index (χ2n) is 7.32. The first-order valence-electron chi connectivity index (χ1n) is 9.92. The van der Waals surface area contributed by atoms with E-state index in [0.29, 0.717) is 0 Å². The van der Waals surface area contributed by atoms with Gasteiger partial charge in [-0.25, -0.2) is 0 Å². The number of hydrogen-bond donors (Lipinski definition) is 2. The zero-order valence-corrected chi connectivity index (χ0v) is 17.0. The van der Waals surface area contributed by atoms with Gasteiger partial charge >= 0.3 is 5.97 Å². The number of aliphatic hydroxyl groups excluding tert-OH is 2. The van der Waals surface area contributed by atoms with Gasteiger partial charge in [-0.2, -0.15) is 0 Å². The standard InChI is InChI=1S/C23H28O7/c1-17(26)29-16-23(15-25)22(28-14-19-10-6-3-7-11-19)21(20(12-24)30-23)27-13-18-8-4-2-5-9-18/h2-11,20-22,24-25H,12-16H2,1H3/t20-,21-,22+,23-/m1/s1. The number of esters is 1. The van der Waals surface area contributed by atoms with Crippen LogP contribution in [0.2, 0.25) is 0 Å². The zero-order valence-electron chi connectivity index (χ0n) is 17.0. The lowest BCUT2D eigenvalue weighted by molar-refractivity contribution is -0.178. The van der Waals surface area contributed by atoms with Crippen LogP contribution in [0.25, 0.3) is 0 Å². The van der Waals surface area contributed by atoms with Gasteiger partial charge in [-0.05, 0) is 11.1 Å². The molecule has 4 atom stereocenters. The Hall–Kier alpha value is -2.29. The van der Waals surface area contributed by atoms with Gasteiger partial charge in [0.15, 0.2) is 5.60 Å². The summed E-state index contributed by atoms with van der Waals surface area (Å²) < 4.78 is 23.4. The molecule has 2 N–H and O–H groups in total. The van der Waals surface area contributed by atoms with E-state index >= 15 is 0 Å². The predicted molar refractivity (Wildman–Crippen MR) is 108 cm³/mol. The molecule has 7 heteroatoms. The van der Waals surface area contributed by atoms with E-state index in [1.54, 1.807) is 0 Å². The van der Waals surface area contributed by atoms with Crippen molar-refractivity contribution in [2.24, 2.45) is 0 Å². The Morgan fingerprint density at radius 3 is 2.03 bits per heavy atom. The Labute approximate surface area is 176 Å². The molecule has 0 amide bonds. The van der Waals surface area contributed by atoms with E-state index in [2.05, 4.69) is 0 Å². The number of ether oxygens (including phenoxy) is 4. The highest BCUT2D eigenvalue weighted by atomic mass is 16.6. The molecule has 0 aliphatic carbocycles. The van der Waals surface area contributed by atoms with Crippen LogP contribution < -0.4 is 0 Å². The van der Waals surface area contributed by atoms with Crippen LogP contribution in [-0.4, -0.2) is 59.9 Å². The van der Waals surface area contributed by atoms with Crippen molar-refractivity contribution in [1.29, 1.82) is 0 Å². The molecule has 0 spiro atoms. The minimum Gasteiger partial charge on any atom is -0.463 e. The lowest BCUT2D eigenvalue weighted by atomic mass is 9.95. The summed E-state index contributed by atoms with van der Waals surface area (Å²) >= 11 is 0. The van der Waals surface area contributed by atoms with Gasteiger partial charge in [0, 0.05) is 6.92 Å². The lowest BCUT2D eigenvalue weighted by Gasteiger charge is -2.33. The quantitative estimate of drug-likeness (QED) is 0.571. The van der Waals surface area contributed by atoms with Crippen molar-refractivity contribution in [3.05, 3.63) is 71.8 Å². The van der Waals surface area contributed by atoms with E-state index in [0.717, 1.165) is 11.1 Å². The Kier molecular flexibility index (Phi) is 7.95. The molecule has 0 aromatic heterocycles. The summed E-state index contributed by atoms with van der Waals surface area (Å²) in [4.78, 5) is 11.4. The fourth-order valence-electron chi connectivity index (χ4n) is 3.55. The second kappa shape index (κ2) is 10.7. The summed E-state index contributed by atoms with van der Waals surface area (Å²) in [5.41, 5.74) is 0.554. The molecule has 0 unspecified atom stereocenters. The number of aliphatic hydroxyl groups is 2. The van der Waals surface area contributed by atoms with E-state index in [1.165, 1.54) is 6.92 Å². The van der Waals surface area contributed by atoms with E-state index in [9.17, 15) is 15.0 Å². The molecule has 2 aromatic rings. The van der Waals surface area contributed by atoms with Crippen molar-refractivity contribution < 1.29 is 34.0 Å². The van der Waals surface area contributed by atoms with Gasteiger partial charge in [0.05, 0.1) is 26.4 Å². The Morgan fingerprint density at radius 2 is 1.53 bits per heavy atom. The smallest absolute Gasteiger partial charge is 0.302 e. The first kappa shape index (κ1) is 22.4. The molecule has 1 aliphatic rings. The molecule has 0 radical (unpaired) electrons. The molecule has 0 saturated carbocycles. The van der Waals surface area contributed by atoms with Gasteiger partial charge in [-0.1, -0.05) is 60.7 Å². The number of hydrogen-bond acceptors (Lipinski definition) is 7. The van der Waals surface area contributed by atoms with Crippen molar-refractivity contribution in [2.45, 2.75) is 44.1 Å². The van der Waals surface area contributed by atoms with Crippen LogP contribution in [-0.2, 0) is 37.0 Å². The largest absolute Gasteiger partial charge is 0.463 e. The van der Waals surface area contributed by atoms with Gasteiger partial charge in [-0.3, -0.25) is 4.79 Å². The average Bonchev–Trinajstić information content (AvgIpc) is 3.09. The molecule has 1 saturated heterocycles. The van der Waals surface area contributed by atoms with Crippen LogP contribution in [0, 0.1) is 0 Å². The molecule has 3 rings (SSSR count). The van der Waals surface area contributed by atoms with Crippen LogP contribution >= 0.6 is 0 Å². The maximum absolute atomic E-state index is 11.4. The summed E-state index contributed by atoms with van der Waals surface area (Å²) in [6.45, 7) is 0.826. The predicted octanol–water partition coefficient (Wildman–Crippen LogP) is 1.84. The molecular weight excluding hydrogens is 388 g/mol. The highest BCUT2D eigenvalue weighted by Gasteiger charge is 2.57. The van der Waals surface area contributed by atoms with E-state index in [-0.39, 0.29) is 26.4 Å². The van der Waals surface area contributed by atoms with Crippen molar-refractivity contribution in [2.75, 3.05) is 19.8 Å². The molecule has 1 aliphatic heterocycles. The first-order chi connectivity index (χ1) is 14.6. The summed E-state index contributed by atoms with van der Waals surface area (Å²) in [5.74, 6) is -0.498. The Balaban J connectivity index is 1.82. The summed E-state index contributed by atoms with van der Waals surface area (Å²) in [7, 11) is 0. The highest BCUT2D eigenvalue weighted by Crippen LogP contribution is 2.36. The minimum absolute atomic E-state index is 0.208. The molecule has 2 aromatic carbocycles. The van der Waals surface area contributed by atoms with Crippen molar-refractivity contribution in [1.82, 2.24) is 0 Å². The molecule has 162 valence electrons. The molecule has 1 heterocycles. The molecular formula is C23H28O7.